The number of ether oxygens (including phenoxy) is 1. The van der Waals surface area contributed by atoms with E-state index in [2.05, 4.69) is 33.0 Å². The molecule has 0 spiro atoms. The summed E-state index contributed by atoms with van der Waals surface area (Å²) in [6.45, 7) is 10.2. The van der Waals surface area contributed by atoms with Crippen molar-refractivity contribution in [1.82, 2.24) is 5.32 Å². The van der Waals surface area contributed by atoms with E-state index in [1.807, 2.05) is 24.3 Å². The first-order valence-corrected chi connectivity index (χ1v) is 7.70. The fourth-order valence-corrected chi connectivity index (χ4v) is 2.63. The zero-order valence-electron chi connectivity index (χ0n) is 13.3. The molecule has 1 aromatic carbocycles. The molecule has 0 amide bonds. The summed E-state index contributed by atoms with van der Waals surface area (Å²) < 4.78 is 18.2. The lowest BCUT2D eigenvalue weighted by atomic mass is 9.79. The fraction of sp³-hybridized carbons (Fsp3) is 0.625. The molecule has 0 bridgehead atoms. The highest BCUT2D eigenvalue weighted by atomic mass is 16.7. The van der Waals surface area contributed by atoms with Gasteiger partial charge in [-0.05, 0) is 58.3 Å². The van der Waals surface area contributed by atoms with Crippen LogP contribution < -0.4 is 15.5 Å². The molecule has 1 aromatic rings. The highest BCUT2D eigenvalue weighted by molar-refractivity contribution is 6.62. The minimum atomic E-state index is -0.333. The summed E-state index contributed by atoms with van der Waals surface area (Å²) in [6, 6.07) is 8.05. The molecule has 0 radical (unpaired) electrons. The van der Waals surface area contributed by atoms with E-state index in [-0.39, 0.29) is 24.4 Å². The van der Waals surface area contributed by atoms with Gasteiger partial charge in [-0.3, -0.25) is 0 Å². The van der Waals surface area contributed by atoms with Crippen LogP contribution in [0.15, 0.2) is 24.3 Å². The van der Waals surface area contributed by atoms with E-state index in [0.29, 0.717) is 0 Å². The van der Waals surface area contributed by atoms with Crippen LogP contribution >= 0.6 is 0 Å². The van der Waals surface area contributed by atoms with Gasteiger partial charge in [-0.2, -0.15) is 0 Å². The Morgan fingerprint density at radius 2 is 1.90 bits per heavy atom. The Morgan fingerprint density at radius 3 is 2.52 bits per heavy atom. The molecule has 1 unspecified atom stereocenters. The van der Waals surface area contributed by atoms with Gasteiger partial charge >= 0.3 is 7.12 Å². The van der Waals surface area contributed by atoms with Crippen molar-refractivity contribution in [1.29, 1.82) is 0 Å². The van der Waals surface area contributed by atoms with Gasteiger partial charge in [-0.25, -0.2) is 0 Å². The molecule has 2 aliphatic heterocycles. The monoisotopic (exact) mass is 289 g/mol. The molecule has 2 aliphatic rings. The Hall–Kier alpha value is -1.04. The third-order valence-corrected chi connectivity index (χ3v) is 4.70. The number of rotatable bonds is 3. The average Bonchev–Trinajstić information content (AvgIpc) is 2.97. The lowest BCUT2D eigenvalue weighted by Crippen LogP contribution is -2.41. The number of benzene rings is 1. The Morgan fingerprint density at radius 1 is 1.19 bits per heavy atom. The van der Waals surface area contributed by atoms with Crippen molar-refractivity contribution in [3.8, 4) is 5.75 Å². The summed E-state index contributed by atoms with van der Waals surface area (Å²) in [6.07, 6.45) is 1.32. The van der Waals surface area contributed by atoms with Crippen molar-refractivity contribution in [2.75, 3.05) is 13.1 Å². The molecule has 0 aromatic heterocycles. The van der Waals surface area contributed by atoms with Gasteiger partial charge in [-0.15, -0.1) is 0 Å². The van der Waals surface area contributed by atoms with Crippen molar-refractivity contribution in [3.05, 3.63) is 24.3 Å². The second kappa shape index (κ2) is 5.31. The van der Waals surface area contributed by atoms with Crippen LogP contribution in [0.4, 0.5) is 0 Å². The molecule has 0 aliphatic carbocycles. The predicted octanol–water partition coefficient (Wildman–Crippen LogP) is 1.73. The Balaban J connectivity index is 1.74. The summed E-state index contributed by atoms with van der Waals surface area (Å²) in [7, 11) is -0.333. The van der Waals surface area contributed by atoms with Crippen molar-refractivity contribution < 1.29 is 14.0 Å². The van der Waals surface area contributed by atoms with E-state index in [0.717, 1.165) is 30.7 Å². The molecule has 114 valence electrons. The second-order valence-electron chi connectivity index (χ2n) is 6.89. The molecule has 3 rings (SSSR count). The third-order valence-electron chi connectivity index (χ3n) is 4.70. The van der Waals surface area contributed by atoms with Gasteiger partial charge in [0.2, 0.25) is 0 Å². The smallest absolute Gasteiger partial charge is 0.489 e. The average molecular weight is 289 g/mol. The molecule has 0 saturated carbocycles. The van der Waals surface area contributed by atoms with Crippen molar-refractivity contribution in [2.24, 2.45) is 0 Å². The van der Waals surface area contributed by atoms with E-state index in [4.69, 9.17) is 14.0 Å². The van der Waals surface area contributed by atoms with Crippen LogP contribution in [0.3, 0.4) is 0 Å². The summed E-state index contributed by atoms with van der Waals surface area (Å²) >= 11 is 0. The lowest BCUT2D eigenvalue weighted by molar-refractivity contribution is 0.00578. The zero-order chi connectivity index (χ0) is 15.1. The van der Waals surface area contributed by atoms with E-state index in [1.165, 1.54) is 0 Å². The molecule has 2 saturated heterocycles. The Bertz CT molecular complexity index is 496. The summed E-state index contributed by atoms with van der Waals surface area (Å²) in [5, 5.41) is 3.31. The van der Waals surface area contributed by atoms with Gasteiger partial charge < -0.3 is 19.4 Å². The Labute approximate surface area is 127 Å². The van der Waals surface area contributed by atoms with Gasteiger partial charge in [0.05, 0.1) is 11.2 Å². The van der Waals surface area contributed by atoms with Crippen LogP contribution in [0.1, 0.15) is 34.1 Å². The molecule has 2 fully saturated rings. The first kappa shape index (κ1) is 14.9. The first-order chi connectivity index (χ1) is 9.87. The van der Waals surface area contributed by atoms with Gasteiger partial charge in [0, 0.05) is 6.54 Å². The van der Waals surface area contributed by atoms with Gasteiger partial charge in [0.25, 0.3) is 0 Å². The predicted molar refractivity (Wildman–Crippen MR) is 84.1 cm³/mol. The second-order valence-corrected chi connectivity index (χ2v) is 6.89. The Kier molecular flexibility index (Phi) is 3.76. The fourth-order valence-electron chi connectivity index (χ4n) is 2.63. The molecule has 5 heteroatoms. The van der Waals surface area contributed by atoms with Crippen LogP contribution in [-0.4, -0.2) is 37.5 Å². The topological polar surface area (TPSA) is 39.7 Å². The highest BCUT2D eigenvalue weighted by Gasteiger charge is 2.51. The van der Waals surface area contributed by atoms with Crippen LogP contribution in [0, 0.1) is 0 Å². The maximum Gasteiger partial charge on any atom is 0.494 e. The largest absolute Gasteiger partial charge is 0.494 e. The first-order valence-electron chi connectivity index (χ1n) is 7.70. The van der Waals surface area contributed by atoms with Crippen molar-refractivity contribution in [2.45, 2.75) is 51.4 Å². The standard InChI is InChI=1S/C16H24BNO3/c1-15(2)16(3,4)21-17(20-15)12-6-5-7-13(10-12)19-14-8-9-18-11-14/h5-7,10,14,18H,8-9,11H2,1-4H3. The summed E-state index contributed by atoms with van der Waals surface area (Å²) in [4.78, 5) is 0. The number of hydrogen-bond donors (Lipinski definition) is 1. The van der Waals surface area contributed by atoms with Crippen LogP contribution in [0.5, 0.6) is 5.75 Å². The number of nitrogens with one attached hydrogen (secondary N) is 1. The minimum absolute atomic E-state index is 0.263. The van der Waals surface area contributed by atoms with Crippen molar-refractivity contribution >= 4 is 12.6 Å². The van der Waals surface area contributed by atoms with E-state index in [1.54, 1.807) is 0 Å². The minimum Gasteiger partial charge on any atom is -0.489 e. The maximum absolute atomic E-state index is 6.08. The van der Waals surface area contributed by atoms with Crippen LogP contribution in [0.2, 0.25) is 0 Å². The molecule has 2 heterocycles. The highest BCUT2D eigenvalue weighted by Crippen LogP contribution is 2.36. The summed E-state index contributed by atoms with van der Waals surface area (Å²) in [5.74, 6) is 0.885. The van der Waals surface area contributed by atoms with E-state index in [9.17, 15) is 0 Å². The lowest BCUT2D eigenvalue weighted by Gasteiger charge is -2.32. The molecule has 1 N–H and O–H groups in total. The van der Waals surface area contributed by atoms with Crippen molar-refractivity contribution in [3.63, 3.8) is 0 Å². The van der Waals surface area contributed by atoms with Crippen LogP contribution in [-0.2, 0) is 9.31 Å². The molecular weight excluding hydrogens is 265 g/mol. The SMILES string of the molecule is CC1(C)OB(c2cccc(OC3CCNC3)c2)OC1(C)C. The molecule has 21 heavy (non-hydrogen) atoms. The third kappa shape index (κ3) is 2.96. The quantitative estimate of drug-likeness (QED) is 0.860. The number of hydrogen-bond acceptors (Lipinski definition) is 4. The maximum atomic E-state index is 6.08. The molecular formula is C16H24BNO3. The van der Waals surface area contributed by atoms with Crippen LogP contribution in [0.25, 0.3) is 0 Å². The van der Waals surface area contributed by atoms with E-state index >= 15 is 0 Å². The molecule has 4 nitrogen and oxygen atoms in total. The molecule has 1 atom stereocenters. The van der Waals surface area contributed by atoms with Gasteiger partial charge in [-0.1, -0.05) is 12.1 Å². The normalized spacial score (nSPS) is 27.0. The van der Waals surface area contributed by atoms with Gasteiger partial charge in [0.1, 0.15) is 11.9 Å². The van der Waals surface area contributed by atoms with Gasteiger partial charge in [0.15, 0.2) is 0 Å². The zero-order valence-corrected chi connectivity index (χ0v) is 13.3. The summed E-state index contributed by atoms with van der Waals surface area (Å²) in [5.41, 5.74) is 0.380. The van der Waals surface area contributed by atoms with E-state index < -0.39 is 0 Å².